The minimum atomic E-state index is -0.773. The summed E-state index contributed by atoms with van der Waals surface area (Å²) in [5, 5.41) is 0. The first kappa shape index (κ1) is 25.2. The molecule has 0 atom stereocenters. The van der Waals surface area contributed by atoms with Crippen LogP contribution in [0.1, 0.15) is 22.3 Å². The summed E-state index contributed by atoms with van der Waals surface area (Å²) in [6.45, 7) is 2.10. The molecule has 0 heterocycles. The fraction of sp³-hybridized carbons (Fsp3) is 0.194. The Morgan fingerprint density at radius 2 is 0.889 bits per heavy atom. The van der Waals surface area contributed by atoms with E-state index in [1.165, 1.54) is 0 Å². The van der Waals surface area contributed by atoms with Crippen molar-refractivity contribution < 1.29 is 23.7 Å². The molecule has 4 rings (SSSR count). The normalized spacial score (nSPS) is 10.7. The second-order valence-corrected chi connectivity index (χ2v) is 8.25. The van der Waals surface area contributed by atoms with Crippen molar-refractivity contribution in [2.75, 3.05) is 13.2 Å². The van der Waals surface area contributed by atoms with Crippen LogP contribution in [-0.2, 0) is 35.5 Å². The Labute approximate surface area is 212 Å². The molecule has 0 saturated carbocycles. The van der Waals surface area contributed by atoms with Crippen LogP contribution in [0.15, 0.2) is 109 Å². The van der Waals surface area contributed by atoms with Crippen LogP contribution in [0.25, 0.3) is 0 Å². The van der Waals surface area contributed by atoms with E-state index in [1.54, 1.807) is 12.1 Å². The number of para-hydroxylation sites is 2. The van der Waals surface area contributed by atoms with Crippen LogP contribution >= 0.6 is 0 Å². The molecular formula is C31H30O5. The van der Waals surface area contributed by atoms with Gasteiger partial charge in [0.05, 0.1) is 26.4 Å². The van der Waals surface area contributed by atoms with E-state index in [-0.39, 0.29) is 0 Å². The molecule has 0 aliphatic carbocycles. The summed E-state index contributed by atoms with van der Waals surface area (Å²) in [6, 6.07) is 34.9. The molecule has 0 unspecified atom stereocenters. The molecule has 0 radical (unpaired) electrons. The van der Waals surface area contributed by atoms with Crippen molar-refractivity contribution in [3.8, 4) is 11.5 Å². The molecule has 5 nitrogen and oxygen atoms in total. The van der Waals surface area contributed by atoms with Gasteiger partial charge in [-0.25, -0.2) is 4.79 Å². The molecule has 0 spiro atoms. The topological polar surface area (TPSA) is 54.0 Å². The van der Waals surface area contributed by atoms with E-state index in [1.807, 2.05) is 97.1 Å². The van der Waals surface area contributed by atoms with Crippen LogP contribution in [-0.4, -0.2) is 19.4 Å². The first-order valence-electron chi connectivity index (χ1n) is 12.1. The Kier molecular flexibility index (Phi) is 9.67. The van der Waals surface area contributed by atoms with Gasteiger partial charge in [-0.2, -0.15) is 0 Å². The van der Waals surface area contributed by atoms with Crippen LogP contribution in [0.2, 0.25) is 0 Å². The van der Waals surface area contributed by atoms with Crippen LogP contribution < -0.4 is 9.47 Å². The van der Waals surface area contributed by atoms with Gasteiger partial charge in [-0.05, 0) is 47.2 Å². The second kappa shape index (κ2) is 13.8. The molecule has 0 saturated heterocycles. The molecule has 4 aromatic carbocycles. The number of carbonyl (C=O) groups is 1. The molecule has 0 aliphatic heterocycles. The molecule has 0 amide bonds. The third-order valence-corrected chi connectivity index (χ3v) is 5.59. The summed E-state index contributed by atoms with van der Waals surface area (Å²) < 4.78 is 22.7. The lowest BCUT2D eigenvalue weighted by Gasteiger charge is -2.13. The Hall–Kier alpha value is -3.93. The highest BCUT2D eigenvalue weighted by Gasteiger charge is 2.14. The van der Waals surface area contributed by atoms with Gasteiger partial charge in [0.15, 0.2) is 0 Å². The average Bonchev–Trinajstić information content (AvgIpc) is 2.92. The summed E-state index contributed by atoms with van der Waals surface area (Å²) in [7, 11) is 0. The number of rotatable bonds is 12. The second-order valence-electron chi connectivity index (χ2n) is 8.25. The summed E-state index contributed by atoms with van der Waals surface area (Å²) >= 11 is 0. The maximum atomic E-state index is 12.6. The molecule has 0 aliphatic rings. The highest BCUT2D eigenvalue weighted by atomic mass is 16.7. The molecule has 0 bridgehead atoms. The van der Waals surface area contributed by atoms with Gasteiger partial charge in [-0.3, -0.25) is 0 Å². The van der Waals surface area contributed by atoms with Crippen molar-refractivity contribution in [1.82, 2.24) is 0 Å². The third-order valence-electron chi connectivity index (χ3n) is 5.59. The van der Waals surface area contributed by atoms with Gasteiger partial charge in [-0.15, -0.1) is 0 Å². The van der Waals surface area contributed by atoms with Crippen molar-refractivity contribution in [2.24, 2.45) is 0 Å². The molecule has 0 fully saturated rings. The number of benzene rings is 4. The average molecular weight is 483 g/mol. The largest absolute Gasteiger partial charge is 0.519 e. The predicted molar refractivity (Wildman–Crippen MR) is 139 cm³/mol. The fourth-order valence-electron chi connectivity index (χ4n) is 3.71. The molecule has 4 aromatic rings. The maximum Gasteiger partial charge on any atom is 0.519 e. The van der Waals surface area contributed by atoms with E-state index in [9.17, 15) is 4.79 Å². The summed E-state index contributed by atoms with van der Waals surface area (Å²) in [6.07, 6.45) is 0.461. The van der Waals surface area contributed by atoms with Crippen LogP contribution in [0.4, 0.5) is 4.79 Å². The zero-order valence-electron chi connectivity index (χ0n) is 20.2. The minimum absolute atomic E-state index is 0.467. The smallest absolute Gasteiger partial charge is 0.394 e. The van der Waals surface area contributed by atoms with Gasteiger partial charge in [-0.1, -0.05) is 97.1 Å². The van der Waals surface area contributed by atoms with Crippen molar-refractivity contribution in [3.05, 3.63) is 131 Å². The van der Waals surface area contributed by atoms with Gasteiger partial charge in [0.25, 0.3) is 0 Å². The predicted octanol–water partition coefficient (Wildman–Crippen LogP) is 6.78. The summed E-state index contributed by atoms with van der Waals surface area (Å²) in [4.78, 5) is 12.6. The summed E-state index contributed by atoms with van der Waals surface area (Å²) in [5.74, 6) is 0.934. The van der Waals surface area contributed by atoms with E-state index in [4.69, 9.17) is 18.9 Å². The van der Waals surface area contributed by atoms with Crippen molar-refractivity contribution in [2.45, 2.75) is 26.1 Å². The summed E-state index contributed by atoms with van der Waals surface area (Å²) in [5.41, 5.74) is 4.00. The third kappa shape index (κ3) is 8.08. The van der Waals surface area contributed by atoms with Gasteiger partial charge in [0, 0.05) is 0 Å². The van der Waals surface area contributed by atoms with E-state index in [2.05, 4.69) is 0 Å². The van der Waals surface area contributed by atoms with Crippen molar-refractivity contribution >= 4 is 6.16 Å². The van der Waals surface area contributed by atoms with Crippen molar-refractivity contribution in [3.63, 3.8) is 0 Å². The van der Waals surface area contributed by atoms with Crippen LogP contribution in [0, 0.1) is 0 Å². The highest BCUT2D eigenvalue weighted by molar-refractivity contribution is 5.68. The monoisotopic (exact) mass is 482 g/mol. The first-order valence-corrected chi connectivity index (χ1v) is 12.1. The standard InChI is InChI=1S/C31H30O5/c32-31(35-29-17-9-7-15-27(29)19-21-33-23-25-11-3-1-4-12-25)36-30-18-10-8-16-28(30)20-22-34-24-26-13-5-2-6-14-26/h1-18H,19-24H2. The van der Waals surface area contributed by atoms with Gasteiger partial charge < -0.3 is 18.9 Å². The first-order chi connectivity index (χ1) is 17.8. The van der Waals surface area contributed by atoms with Gasteiger partial charge >= 0.3 is 6.16 Å². The molecule has 36 heavy (non-hydrogen) atoms. The molecule has 0 aromatic heterocycles. The molecule has 0 N–H and O–H groups in total. The highest BCUT2D eigenvalue weighted by Crippen LogP contribution is 2.23. The lowest BCUT2D eigenvalue weighted by Crippen LogP contribution is -2.16. The van der Waals surface area contributed by atoms with Crippen molar-refractivity contribution in [1.29, 1.82) is 0 Å². The lowest BCUT2D eigenvalue weighted by atomic mass is 10.1. The van der Waals surface area contributed by atoms with E-state index >= 15 is 0 Å². The SMILES string of the molecule is O=C(Oc1ccccc1CCOCc1ccccc1)Oc1ccccc1CCOCc1ccccc1. The zero-order valence-corrected chi connectivity index (χ0v) is 20.2. The van der Waals surface area contributed by atoms with E-state index in [0.717, 1.165) is 22.3 Å². The Bertz CT molecular complexity index is 1110. The lowest BCUT2D eigenvalue weighted by molar-refractivity contribution is 0.121. The van der Waals surface area contributed by atoms with E-state index < -0.39 is 6.16 Å². The number of hydrogen-bond acceptors (Lipinski definition) is 5. The minimum Gasteiger partial charge on any atom is -0.394 e. The Balaban J connectivity index is 1.26. The Morgan fingerprint density at radius 1 is 0.500 bits per heavy atom. The number of carbonyl (C=O) groups excluding carboxylic acids is 1. The fourth-order valence-corrected chi connectivity index (χ4v) is 3.71. The van der Waals surface area contributed by atoms with Crippen LogP contribution in [0.5, 0.6) is 11.5 Å². The van der Waals surface area contributed by atoms with Gasteiger partial charge in [0.1, 0.15) is 11.5 Å². The zero-order chi connectivity index (χ0) is 24.8. The quantitative estimate of drug-likeness (QED) is 0.127. The Morgan fingerprint density at radius 3 is 1.33 bits per heavy atom. The molecular weight excluding hydrogens is 452 g/mol. The molecule has 184 valence electrons. The number of ether oxygens (including phenoxy) is 4. The van der Waals surface area contributed by atoms with Gasteiger partial charge in [0.2, 0.25) is 0 Å². The van der Waals surface area contributed by atoms with Crippen LogP contribution in [0.3, 0.4) is 0 Å². The maximum absolute atomic E-state index is 12.6. The molecule has 5 heteroatoms. The van der Waals surface area contributed by atoms with E-state index in [0.29, 0.717) is 50.8 Å². The number of hydrogen-bond donors (Lipinski definition) is 0.